The Labute approximate surface area is 153 Å². The lowest BCUT2D eigenvalue weighted by atomic mass is 10.0. The summed E-state index contributed by atoms with van der Waals surface area (Å²) >= 11 is 1.23. The van der Waals surface area contributed by atoms with Crippen LogP contribution in [0.1, 0.15) is 57.4 Å². The average Bonchev–Trinajstić information content (AvgIpc) is 3.28. The van der Waals surface area contributed by atoms with Gasteiger partial charge in [0.1, 0.15) is 11.6 Å². The lowest BCUT2D eigenvalue weighted by molar-refractivity contribution is 0.0606. The number of amides is 1. The van der Waals surface area contributed by atoms with Crippen molar-refractivity contribution in [1.29, 1.82) is 0 Å². The van der Waals surface area contributed by atoms with Crippen LogP contribution in [0, 0.1) is 5.82 Å². The number of Topliss-reactive ketones (excluding diaryl/α,β-unsaturated/α-hetero) is 1. The number of H-pyrrole nitrogens is 1. The van der Waals surface area contributed by atoms with Crippen molar-refractivity contribution < 1.29 is 14.0 Å². The second-order valence-corrected chi connectivity index (χ2v) is 7.60. The lowest BCUT2D eigenvalue weighted by Gasteiger charge is -2.34. The van der Waals surface area contributed by atoms with Crippen LogP contribution in [0.5, 0.6) is 0 Å². The fraction of sp³-hybridized carbons (Fsp3) is 0.316. The molecule has 26 heavy (non-hydrogen) atoms. The maximum atomic E-state index is 13.4. The first kappa shape index (κ1) is 16.9. The number of nitrogens with one attached hydrogen (secondary N) is 1. The number of rotatable bonds is 3. The summed E-state index contributed by atoms with van der Waals surface area (Å²) < 4.78 is 13.4. The zero-order valence-electron chi connectivity index (χ0n) is 14.3. The van der Waals surface area contributed by atoms with Gasteiger partial charge in [-0.15, -0.1) is 11.3 Å². The van der Waals surface area contributed by atoms with Crippen LogP contribution < -0.4 is 0 Å². The minimum atomic E-state index is -0.320. The molecule has 7 heteroatoms. The number of carbonyl (C=O) groups excluding carboxylic acids is 2. The molecule has 1 aliphatic rings. The zero-order chi connectivity index (χ0) is 18.3. The largest absolute Gasteiger partial charge is 0.340 e. The standard InChI is InChI=1S/C19H18FN3O2S/c1-11(24)16-7-8-17(26-16)19(25)23-9-3-2-4-15(23)18-21-13-6-5-12(20)10-14(13)22-18/h5-8,10,15H,2-4,9H2,1H3,(H,21,22). The molecule has 1 aliphatic heterocycles. The second-order valence-electron chi connectivity index (χ2n) is 6.51. The van der Waals surface area contributed by atoms with Gasteiger partial charge in [0.05, 0.1) is 26.8 Å². The van der Waals surface area contributed by atoms with Crippen molar-refractivity contribution in [2.24, 2.45) is 0 Å². The molecule has 4 rings (SSSR count). The SMILES string of the molecule is CC(=O)c1ccc(C(=O)N2CCCCC2c2nc3ccc(F)cc3[nH]2)s1. The van der Waals surface area contributed by atoms with Crippen molar-refractivity contribution in [2.45, 2.75) is 32.2 Å². The van der Waals surface area contributed by atoms with E-state index in [4.69, 9.17) is 0 Å². The molecule has 2 aromatic heterocycles. The average molecular weight is 371 g/mol. The Bertz CT molecular complexity index is 994. The molecular formula is C19H18FN3O2S. The number of nitrogens with zero attached hydrogens (tertiary/aromatic N) is 2. The number of hydrogen-bond acceptors (Lipinski definition) is 4. The van der Waals surface area contributed by atoms with Crippen LogP contribution >= 0.6 is 11.3 Å². The first-order valence-corrected chi connectivity index (χ1v) is 9.41. The van der Waals surface area contributed by atoms with Gasteiger partial charge in [0.15, 0.2) is 5.78 Å². The van der Waals surface area contributed by atoms with Crippen LogP contribution in [0.3, 0.4) is 0 Å². The molecule has 0 spiro atoms. The van der Waals surface area contributed by atoms with E-state index in [-0.39, 0.29) is 23.5 Å². The van der Waals surface area contributed by atoms with Gasteiger partial charge in [0, 0.05) is 6.54 Å². The van der Waals surface area contributed by atoms with Crippen molar-refractivity contribution in [3.05, 3.63) is 51.7 Å². The van der Waals surface area contributed by atoms with Crippen LogP contribution in [0.2, 0.25) is 0 Å². The summed E-state index contributed by atoms with van der Waals surface area (Å²) in [7, 11) is 0. The van der Waals surface area contributed by atoms with Gasteiger partial charge in [0.2, 0.25) is 0 Å². The Balaban J connectivity index is 1.66. The molecular weight excluding hydrogens is 353 g/mol. The molecule has 3 heterocycles. The number of fused-ring (bicyclic) bond motifs is 1. The van der Waals surface area contributed by atoms with Crippen molar-refractivity contribution in [2.75, 3.05) is 6.54 Å². The number of thiophene rings is 1. The molecule has 1 atom stereocenters. The summed E-state index contributed by atoms with van der Waals surface area (Å²) in [6.45, 7) is 2.14. The molecule has 0 aliphatic carbocycles. The normalized spacial score (nSPS) is 17.6. The number of aromatic amines is 1. The molecule has 1 unspecified atom stereocenters. The molecule has 1 amide bonds. The Kier molecular flexibility index (Phi) is 4.32. The molecule has 0 bridgehead atoms. The van der Waals surface area contributed by atoms with Crippen molar-refractivity contribution in [1.82, 2.24) is 14.9 Å². The van der Waals surface area contributed by atoms with E-state index in [1.165, 1.54) is 30.4 Å². The number of hydrogen-bond donors (Lipinski definition) is 1. The molecule has 134 valence electrons. The van der Waals surface area contributed by atoms with Gasteiger partial charge in [-0.05, 0) is 56.5 Å². The van der Waals surface area contributed by atoms with E-state index in [0.29, 0.717) is 33.2 Å². The summed E-state index contributed by atoms with van der Waals surface area (Å²) in [5.41, 5.74) is 1.32. The third-order valence-electron chi connectivity index (χ3n) is 4.71. The predicted octanol–water partition coefficient (Wildman–Crippen LogP) is 4.33. The topological polar surface area (TPSA) is 66.1 Å². The molecule has 1 saturated heterocycles. The second kappa shape index (κ2) is 6.64. The van der Waals surface area contributed by atoms with E-state index in [9.17, 15) is 14.0 Å². The van der Waals surface area contributed by atoms with Crippen LogP contribution in [0.4, 0.5) is 4.39 Å². The minimum absolute atomic E-state index is 0.0384. The molecule has 0 saturated carbocycles. The molecule has 1 N–H and O–H groups in total. The fourth-order valence-electron chi connectivity index (χ4n) is 3.40. The number of halogens is 1. The minimum Gasteiger partial charge on any atom is -0.340 e. The summed E-state index contributed by atoms with van der Waals surface area (Å²) in [6.07, 6.45) is 2.74. The molecule has 1 aromatic carbocycles. The highest BCUT2D eigenvalue weighted by atomic mass is 32.1. The van der Waals surface area contributed by atoms with E-state index in [2.05, 4.69) is 9.97 Å². The van der Waals surface area contributed by atoms with E-state index in [0.717, 1.165) is 19.3 Å². The smallest absolute Gasteiger partial charge is 0.264 e. The molecule has 5 nitrogen and oxygen atoms in total. The third-order valence-corrected chi connectivity index (χ3v) is 5.88. The predicted molar refractivity (Wildman–Crippen MR) is 98.0 cm³/mol. The van der Waals surface area contributed by atoms with Gasteiger partial charge in [-0.2, -0.15) is 0 Å². The number of ketones is 1. The third kappa shape index (κ3) is 3.03. The van der Waals surface area contributed by atoms with Gasteiger partial charge in [-0.25, -0.2) is 9.37 Å². The first-order chi connectivity index (χ1) is 12.5. The number of benzene rings is 1. The fourth-order valence-corrected chi connectivity index (χ4v) is 4.26. The van der Waals surface area contributed by atoms with Crippen molar-refractivity contribution in [3.8, 4) is 0 Å². The van der Waals surface area contributed by atoms with E-state index >= 15 is 0 Å². The zero-order valence-corrected chi connectivity index (χ0v) is 15.1. The highest BCUT2D eigenvalue weighted by molar-refractivity contribution is 7.15. The Morgan fingerprint density at radius 1 is 1.23 bits per heavy atom. The van der Waals surface area contributed by atoms with Crippen LogP contribution in [-0.2, 0) is 0 Å². The van der Waals surface area contributed by atoms with E-state index in [1.54, 1.807) is 18.2 Å². The van der Waals surface area contributed by atoms with Gasteiger partial charge < -0.3 is 9.88 Å². The van der Waals surface area contributed by atoms with Gasteiger partial charge in [0.25, 0.3) is 5.91 Å². The number of likely N-dealkylation sites (tertiary alicyclic amines) is 1. The summed E-state index contributed by atoms with van der Waals surface area (Å²) in [4.78, 5) is 35.2. The van der Waals surface area contributed by atoms with Crippen LogP contribution in [0.25, 0.3) is 11.0 Å². The van der Waals surface area contributed by atoms with Crippen molar-refractivity contribution >= 4 is 34.1 Å². The highest BCUT2D eigenvalue weighted by Gasteiger charge is 2.31. The number of carbonyl (C=O) groups is 2. The van der Waals surface area contributed by atoms with Gasteiger partial charge in [-0.3, -0.25) is 9.59 Å². The quantitative estimate of drug-likeness (QED) is 0.697. The monoisotopic (exact) mass is 371 g/mol. The van der Waals surface area contributed by atoms with Crippen LogP contribution in [-0.4, -0.2) is 33.1 Å². The maximum Gasteiger partial charge on any atom is 0.264 e. The Morgan fingerprint density at radius 2 is 2.04 bits per heavy atom. The molecule has 0 radical (unpaired) electrons. The van der Waals surface area contributed by atoms with Crippen LogP contribution in [0.15, 0.2) is 30.3 Å². The van der Waals surface area contributed by atoms with E-state index in [1.807, 2.05) is 4.90 Å². The number of piperidine rings is 1. The Hall–Kier alpha value is -2.54. The van der Waals surface area contributed by atoms with Crippen molar-refractivity contribution in [3.63, 3.8) is 0 Å². The summed E-state index contributed by atoms with van der Waals surface area (Å²) in [6, 6.07) is 7.67. The van der Waals surface area contributed by atoms with E-state index < -0.39 is 0 Å². The number of imidazole rings is 1. The Morgan fingerprint density at radius 3 is 2.81 bits per heavy atom. The van der Waals surface area contributed by atoms with Gasteiger partial charge >= 0.3 is 0 Å². The lowest BCUT2D eigenvalue weighted by Crippen LogP contribution is -2.38. The summed E-state index contributed by atoms with van der Waals surface area (Å²) in [5.74, 6) is 0.240. The summed E-state index contributed by atoms with van der Waals surface area (Å²) in [5, 5.41) is 0. The number of aromatic nitrogens is 2. The highest BCUT2D eigenvalue weighted by Crippen LogP contribution is 2.33. The first-order valence-electron chi connectivity index (χ1n) is 8.60. The molecule has 1 fully saturated rings. The molecule has 3 aromatic rings. The maximum absolute atomic E-state index is 13.4. The van der Waals surface area contributed by atoms with Gasteiger partial charge in [-0.1, -0.05) is 0 Å².